The molecule has 0 bridgehead atoms. The molecule has 0 spiro atoms. The predicted molar refractivity (Wildman–Crippen MR) is 75.1 cm³/mol. The van der Waals surface area contributed by atoms with Crippen LogP contribution in [0.3, 0.4) is 0 Å². The Morgan fingerprint density at radius 3 is 2.47 bits per heavy atom. The van der Waals surface area contributed by atoms with Crippen LogP contribution in [0.25, 0.3) is 0 Å². The highest BCUT2D eigenvalue weighted by Gasteiger charge is 2.47. The number of anilines is 1. The molecule has 1 aromatic carbocycles. The highest BCUT2D eigenvalue weighted by molar-refractivity contribution is 5.77. The summed E-state index contributed by atoms with van der Waals surface area (Å²) < 4.78 is 5.54. The van der Waals surface area contributed by atoms with Crippen LogP contribution < -0.4 is 9.64 Å². The second-order valence-corrected chi connectivity index (χ2v) is 5.38. The molecule has 4 heteroatoms. The fraction of sp³-hybridized carbons (Fsp3) is 0.533. The van der Waals surface area contributed by atoms with E-state index in [0.29, 0.717) is 6.42 Å². The summed E-state index contributed by atoms with van der Waals surface area (Å²) in [6.07, 6.45) is 0.710. The summed E-state index contributed by atoms with van der Waals surface area (Å²) in [7, 11) is 3.62. The second kappa shape index (κ2) is 4.76. The summed E-state index contributed by atoms with van der Waals surface area (Å²) in [5.74, 6) is -0.107. The van der Waals surface area contributed by atoms with E-state index in [2.05, 4.69) is 17.9 Å². The molecule has 1 aromatic rings. The Hall–Kier alpha value is -1.71. The van der Waals surface area contributed by atoms with Gasteiger partial charge in [0.05, 0.1) is 18.7 Å². The van der Waals surface area contributed by atoms with Crippen molar-refractivity contribution in [3.05, 3.63) is 22.8 Å². The van der Waals surface area contributed by atoms with E-state index in [4.69, 9.17) is 9.84 Å². The molecule has 2 rings (SSSR count). The fourth-order valence-electron chi connectivity index (χ4n) is 2.77. The van der Waals surface area contributed by atoms with Gasteiger partial charge < -0.3 is 14.7 Å². The maximum absolute atomic E-state index is 11.0. The number of carboxylic acid groups (broad SMARTS) is 1. The lowest BCUT2D eigenvalue weighted by Gasteiger charge is -2.26. The topological polar surface area (TPSA) is 49.8 Å². The Morgan fingerprint density at radius 1 is 1.37 bits per heavy atom. The summed E-state index contributed by atoms with van der Waals surface area (Å²) >= 11 is 0. The molecular weight excluding hydrogens is 242 g/mol. The Morgan fingerprint density at radius 2 is 2.00 bits per heavy atom. The van der Waals surface area contributed by atoms with Gasteiger partial charge >= 0.3 is 5.97 Å². The number of carbonyl (C=O) groups is 1. The van der Waals surface area contributed by atoms with Crippen molar-refractivity contribution in [1.29, 1.82) is 0 Å². The van der Waals surface area contributed by atoms with Crippen LogP contribution in [0.5, 0.6) is 5.75 Å². The van der Waals surface area contributed by atoms with Gasteiger partial charge in [0.2, 0.25) is 0 Å². The lowest BCUT2D eigenvalue weighted by atomic mass is 10.0. The van der Waals surface area contributed by atoms with E-state index < -0.39 is 5.97 Å². The average Bonchev–Trinajstić information content (AvgIpc) is 3.12. The summed E-state index contributed by atoms with van der Waals surface area (Å²) in [4.78, 5) is 13.1. The molecule has 1 fully saturated rings. The van der Waals surface area contributed by atoms with E-state index >= 15 is 0 Å². The van der Waals surface area contributed by atoms with Crippen molar-refractivity contribution in [2.75, 3.05) is 19.1 Å². The third kappa shape index (κ3) is 2.27. The van der Waals surface area contributed by atoms with Gasteiger partial charge in [-0.2, -0.15) is 0 Å². The number of methoxy groups -OCH3 is 1. The van der Waals surface area contributed by atoms with Gasteiger partial charge in [-0.05, 0) is 43.9 Å². The van der Waals surface area contributed by atoms with Crippen molar-refractivity contribution in [1.82, 2.24) is 0 Å². The van der Waals surface area contributed by atoms with Gasteiger partial charge in [0, 0.05) is 13.1 Å². The molecule has 19 heavy (non-hydrogen) atoms. The van der Waals surface area contributed by atoms with Crippen LogP contribution in [-0.2, 0) is 4.79 Å². The third-order valence-electron chi connectivity index (χ3n) is 4.08. The van der Waals surface area contributed by atoms with Gasteiger partial charge in [-0.1, -0.05) is 6.07 Å². The lowest BCUT2D eigenvalue weighted by molar-refractivity contribution is -0.138. The van der Waals surface area contributed by atoms with Crippen LogP contribution in [0.4, 0.5) is 5.69 Å². The maximum atomic E-state index is 11.0. The van der Waals surface area contributed by atoms with Crippen molar-refractivity contribution in [3.63, 3.8) is 0 Å². The molecule has 0 heterocycles. The van der Waals surface area contributed by atoms with Crippen LogP contribution in [0, 0.1) is 26.7 Å². The van der Waals surface area contributed by atoms with Gasteiger partial charge in [0.1, 0.15) is 5.75 Å². The minimum absolute atomic E-state index is 0.0761. The molecule has 4 nitrogen and oxygen atoms in total. The normalized spacial score (nSPS) is 21.1. The smallest absolute Gasteiger partial charge is 0.308 e. The minimum Gasteiger partial charge on any atom is -0.494 e. The molecule has 1 aliphatic rings. The number of benzene rings is 1. The van der Waals surface area contributed by atoms with Crippen molar-refractivity contribution < 1.29 is 14.6 Å². The summed E-state index contributed by atoms with van der Waals surface area (Å²) in [5.41, 5.74) is 4.44. The van der Waals surface area contributed by atoms with E-state index in [1.54, 1.807) is 7.11 Å². The molecule has 0 saturated heterocycles. The first-order chi connectivity index (χ1) is 8.88. The number of aliphatic carboxylic acids is 1. The molecule has 0 amide bonds. The SMILES string of the molecule is COc1c(C)c(C)cc(C)c1N(C)C1CC1C(=O)O. The number of carboxylic acids is 1. The lowest BCUT2D eigenvalue weighted by Crippen LogP contribution is -2.25. The Kier molecular flexibility index (Phi) is 3.43. The van der Waals surface area contributed by atoms with Crippen LogP contribution in [-0.4, -0.2) is 31.3 Å². The molecule has 0 aliphatic heterocycles. The first-order valence-corrected chi connectivity index (χ1v) is 6.48. The van der Waals surface area contributed by atoms with Gasteiger partial charge in [0.15, 0.2) is 0 Å². The van der Waals surface area contributed by atoms with Crippen molar-refractivity contribution in [3.8, 4) is 5.75 Å². The van der Waals surface area contributed by atoms with Crippen molar-refractivity contribution >= 4 is 11.7 Å². The molecule has 0 aromatic heterocycles. The first-order valence-electron chi connectivity index (χ1n) is 6.48. The van der Waals surface area contributed by atoms with Crippen LogP contribution in [0.1, 0.15) is 23.1 Å². The van der Waals surface area contributed by atoms with Crippen molar-refractivity contribution in [2.45, 2.75) is 33.2 Å². The number of ether oxygens (including phenoxy) is 1. The first kappa shape index (κ1) is 13.7. The molecule has 2 atom stereocenters. The third-order valence-corrected chi connectivity index (χ3v) is 4.08. The molecule has 1 saturated carbocycles. The van der Waals surface area contributed by atoms with E-state index in [9.17, 15) is 4.79 Å². The molecule has 1 aliphatic carbocycles. The zero-order valence-corrected chi connectivity index (χ0v) is 12.2. The molecule has 1 N–H and O–H groups in total. The Bertz CT molecular complexity index is 525. The number of rotatable bonds is 4. The zero-order valence-electron chi connectivity index (χ0n) is 12.2. The highest BCUT2D eigenvalue weighted by atomic mass is 16.5. The molecular formula is C15H21NO3. The van der Waals surface area contributed by atoms with E-state index in [1.807, 2.05) is 20.9 Å². The van der Waals surface area contributed by atoms with Gasteiger partial charge in [-0.25, -0.2) is 0 Å². The monoisotopic (exact) mass is 263 g/mol. The molecule has 2 unspecified atom stereocenters. The standard InChI is InChI=1S/C15H21NO3/c1-8-6-9(2)13(14(19-5)10(8)3)16(4)12-7-11(12)15(17)18/h6,11-12H,7H2,1-5H3,(H,17,18). The Labute approximate surface area is 114 Å². The Balaban J connectivity index is 2.40. The highest BCUT2D eigenvalue weighted by Crippen LogP contribution is 2.44. The maximum Gasteiger partial charge on any atom is 0.308 e. The largest absolute Gasteiger partial charge is 0.494 e. The summed E-state index contributed by atoms with van der Waals surface area (Å²) in [5, 5.41) is 9.06. The number of hydrogen-bond donors (Lipinski definition) is 1. The van der Waals surface area contributed by atoms with Gasteiger partial charge in [-0.15, -0.1) is 0 Å². The van der Waals surface area contributed by atoms with Crippen molar-refractivity contribution in [2.24, 2.45) is 5.92 Å². The van der Waals surface area contributed by atoms with E-state index in [1.165, 1.54) is 5.56 Å². The zero-order chi connectivity index (χ0) is 14.3. The molecule has 0 radical (unpaired) electrons. The van der Waals surface area contributed by atoms with Gasteiger partial charge in [-0.3, -0.25) is 4.79 Å². The minimum atomic E-state index is -0.711. The second-order valence-electron chi connectivity index (χ2n) is 5.38. The van der Waals surface area contributed by atoms with E-state index in [-0.39, 0.29) is 12.0 Å². The predicted octanol–water partition coefficient (Wildman–Crippen LogP) is 2.53. The number of aryl methyl sites for hydroxylation is 2. The fourth-order valence-corrected chi connectivity index (χ4v) is 2.77. The van der Waals surface area contributed by atoms with Crippen LogP contribution in [0.2, 0.25) is 0 Å². The van der Waals surface area contributed by atoms with E-state index in [0.717, 1.165) is 22.6 Å². The molecule has 104 valence electrons. The number of hydrogen-bond acceptors (Lipinski definition) is 3. The van der Waals surface area contributed by atoms with Crippen LogP contribution in [0.15, 0.2) is 6.07 Å². The summed E-state index contributed by atoms with van der Waals surface area (Å²) in [6, 6.07) is 2.20. The van der Waals surface area contributed by atoms with Gasteiger partial charge in [0.25, 0.3) is 0 Å². The number of nitrogens with zero attached hydrogens (tertiary/aromatic N) is 1. The average molecular weight is 263 g/mol. The summed E-state index contributed by atoms with van der Waals surface area (Å²) in [6.45, 7) is 6.14. The quantitative estimate of drug-likeness (QED) is 0.907. The van der Waals surface area contributed by atoms with Crippen LogP contribution >= 0.6 is 0 Å².